The second-order valence-corrected chi connectivity index (χ2v) is 20.7. The Balaban J connectivity index is 0.916. The van der Waals surface area contributed by atoms with Gasteiger partial charge in [0.2, 0.25) is 0 Å². The molecule has 358 valence electrons. The Kier molecular flexibility index (Phi) is 10.7. The van der Waals surface area contributed by atoms with Crippen LogP contribution in [-0.2, 0) is 10.8 Å². The Morgan fingerprint density at radius 3 is 1.07 bits per heavy atom. The molecule has 0 aliphatic heterocycles. The van der Waals surface area contributed by atoms with Crippen LogP contribution in [0.2, 0.25) is 0 Å². The normalized spacial score (nSPS) is 13.3. The van der Waals surface area contributed by atoms with Crippen molar-refractivity contribution in [3.05, 3.63) is 306 Å². The Morgan fingerprint density at radius 2 is 0.553 bits per heavy atom. The summed E-state index contributed by atoms with van der Waals surface area (Å²) in [5.41, 5.74) is 23.9. The maximum Gasteiger partial charge on any atom is 0.164 e. The standard InChI is InChI=1S/C73H51N3/c1-72(2)63-27-12-14-29-65(63)73(66-30-15-13-28-64(66)72)62-45-44-59(54-38-34-52(35-39-54)51-32-36-53(37-33-51)58-25-16-24-57(46-58)49-20-8-4-9-21-49)47-61(62)68-60(26-17-31-67(68)73)71-75-69(55-22-10-5-11-23-55)74-70(76-71)56-42-40-50(41-43-56)48-18-6-3-7-19-48/h3-47H,1-2H3. The van der Waals surface area contributed by atoms with E-state index in [1.165, 1.54) is 77.9 Å². The van der Waals surface area contributed by atoms with Crippen molar-refractivity contribution in [1.29, 1.82) is 0 Å². The minimum absolute atomic E-state index is 0.224. The van der Waals surface area contributed by atoms with Crippen LogP contribution >= 0.6 is 0 Å². The molecule has 1 spiro atoms. The molecule has 1 aromatic heterocycles. The molecule has 76 heavy (non-hydrogen) atoms. The Bertz CT molecular complexity index is 4090. The van der Waals surface area contributed by atoms with E-state index < -0.39 is 5.41 Å². The van der Waals surface area contributed by atoms with Crippen molar-refractivity contribution in [1.82, 2.24) is 15.0 Å². The lowest BCUT2D eigenvalue weighted by molar-refractivity contribution is 0.563. The lowest BCUT2D eigenvalue weighted by atomic mass is 9.55. The van der Waals surface area contributed by atoms with Crippen LogP contribution in [0.15, 0.2) is 273 Å². The summed E-state index contributed by atoms with van der Waals surface area (Å²) < 4.78 is 0. The van der Waals surface area contributed by atoms with E-state index in [0.29, 0.717) is 17.5 Å². The summed E-state index contributed by atoms with van der Waals surface area (Å²) in [4.78, 5) is 16.0. The molecule has 0 N–H and O–H groups in total. The first-order chi connectivity index (χ1) is 37.4. The quantitative estimate of drug-likeness (QED) is 0.152. The zero-order valence-corrected chi connectivity index (χ0v) is 42.3. The van der Waals surface area contributed by atoms with Crippen LogP contribution in [0, 0.1) is 0 Å². The number of rotatable bonds is 8. The zero-order valence-electron chi connectivity index (χ0n) is 42.3. The SMILES string of the molecule is CC1(C)c2ccccc2C2(c3ccc(-c4ccc(-c5ccc(-c6cccc(-c7ccccc7)c6)cc5)cc4)cc3-c3c(-c4nc(-c5ccccc5)nc(-c5ccc(-c6ccccc6)cc5)n4)cccc32)c2ccccc21. The molecule has 0 bridgehead atoms. The smallest absolute Gasteiger partial charge is 0.164 e. The lowest BCUT2D eigenvalue weighted by Gasteiger charge is -2.46. The topological polar surface area (TPSA) is 38.7 Å². The van der Waals surface area contributed by atoms with Crippen molar-refractivity contribution in [2.45, 2.75) is 24.7 Å². The molecule has 0 atom stereocenters. The molecule has 0 saturated heterocycles. The predicted molar refractivity (Wildman–Crippen MR) is 313 cm³/mol. The van der Waals surface area contributed by atoms with Gasteiger partial charge in [-0.25, -0.2) is 15.0 Å². The monoisotopic (exact) mass is 969 g/mol. The third kappa shape index (κ3) is 7.38. The first kappa shape index (κ1) is 45.1. The predicted octanol–water partition coefficient (Wildman–Crippen LogP) is 18.2. The highest BCUT2D eigenvalue weighted by Crippen LogP contribution is 2.63. The van der Waals surface area contributed by atoms with Gasteiger partial charge in [0.15, 0.2) is 17.5 Å². The molecular weight excluding hydrogens is 919 g/mol. The highest BCUT2D eigenvalue weighted by molar-refractivity contribution is 5.97. The number of benzene rings is 11. The van der Waals surface area contributed by atoms with Gasteiger partial charge in [0.1, 0.15) is 0 Å². The van der Waals surface area contributed by atoms with Gasteiger partial charge in [-0.05, 0) is 112 Å². The van der Waals surface area contributed by atoms with Gasteiger partial charge in [0.25, 0.3) is 0 Å². The van der Waals surface area contributed by atoms with Gasteiger partial charge in [-0.1, -0.05) is 275 Å². The highest BCUT2D eigenvalue weighted by Gasteiger charge is 2.54. The van der Waals surface area contributed by atoms with Gasteiger partial charge in [-0.15, -0.1) is 0 Å². The zero-order chi connectivity index (χ0) is 50.8. The number of fused-ring (bicyclic) bond motifs is 9. The van der Waals surface area contributed by atoms with Gasteiger partial charge in [0.05, 0.1) is 5.41 Å². The summed E-state index contributed by atoms with van der Waals surface area (Å²) in [7, 11) is 0. The Morgan fingerprint density at radius 1 is 0.224 bits per heavy atom. The minimum atomic E-state index is -0.605. The largest absolute Gasteiger partial charge is 0.208 e. The first-order valence-corrected chi connectivity index (χ1v) is 26.2. The summed E-state index contributed by atoms with van der Waals surface area (Å²) in [6.07, 6.45) is 0. The summed E-state index contributed by atoms with van der Waals surface area (Å²) in [6, 6.07) is 98.9. The van der Waals surface area contributed by atoms with E-state index in [1.54, 1.807) is 0 Å². The number of nitrogens with zero attached hydrogens (tertiary/aromatic N) is 3. The fourth-order valence-corrected chi connectivity index (χ4v) is 12.3. The van der Waals surface area contributed by atoms with E-state index in [4.69, 9.17) is 15.0 Å². The van der Waals surface area contributed by atoms with Crippen molar-refractivity contribution in [3.63, 3.8) is 0 Å². The van der Waals surface area contributed by atoms with Gasteiger partial charge in [0, 0.05) is 22.1 Å². The van der Waals surface area contributed by atoms with E-state index in [2.05, 4.69) is 269 Å². The van der Waals surface area contributed by atoms with Crippen LogP contribution in [-0.4, -0.2) is 15.0 Å². The van der Waals surface area contributed by atoms with Crippen LogP contribution < -0.4 is 0 Å². The van der Waals surface area contributed by atoms with Crippen molar-refractivity contribution in [2.75, 3.05) is 0 Å². The van der Waals surface area contributed by atoms with Crippen molar-refractivity contribution < 1.29 is 0 Å². The summed E-state index contributed by atoms with van der Waals surface area (Å²) in [6.45, 7) is 4.75. The lowest BCUT2D eigenvalue weighted by Crippen LogP contribution is -2.40. The van der Waals surface area contributed by atoms with Crippen molar-refractivity contribution >= 4 is 0 Å². The number of hydrogen-bond donors (Lipinski definition) is 0. The molecule has 3 nitrogen and oxygen atoms in total. The summed E-state index contributed by atoms with van der Waals surface area (Å²) in [5.74, 6) is 1.90. The summed E-state index contributed by atoms with van der Waals surface area (Å²) in [5, 5.41) is 0. The van der Waals surface area contributed by atoms with Gasteiger partial charge in [-0.3, -0.25) is 0 Å². The molecule has 0 saturated carbocycles. The molecule has 12 aromatic rings. The van der Waals surface area contributed by atoms with Crippen LogP contribution in [0.3, 0.4) is 0 Å². The Hall–Kier alpha value is -9.57. The number of aromatic nitrogens is 3. The van der Waals surface area contributed by atoms with E-state index in [9.17, 15) is 0 Å². The Labute approximate surface area is 444 Å². The molecule has 14 rings (SSSR count). The maximum atomic E-state index is 5.43. The molecule has 0 radical (unpaired) electrons. The second-order valence-electron chi connectivity index (χ2n) is 20.7. The van der Waals surface area contributed by atoms with Crippen LogP contribution in [0.4, 0.5) is 0 Å². The molecule has 11 aromatic carbocycles. The molecule has 0 fully saturated rings. The van der Waals surface area contributed by atoms with Crippen LogP contribution in [0.1, 0.15) is 47.2 Å². The average molecular weight is 970 g/mol. The molecule has 0 amide bonds. The minimum Gasteiger partial charge on any atom is -0.208 e. The molecular formula is C73H51N3. The van der Waals surface area contributed by atoms with E-state index >= 15 is 0 Å². The van der Waals surface area contributed by atoms with Crippen LogP contribution in [0.25, 0.3) is 101 Å². The van der Waals surface area contributed by atoms with E-state index in [-0.39, 0.29) is 5.41 Å². The van der Waals surface area contributed by atoms with Gasteiger partial charge < -0.3 is 0 Å². The third-order valence-corrected chi connectivity index (χ3v) is 16.1. The summed E-state index contributed by atoms with van der Waals surface area (Å²) >= 11 is 0. The number of hydrogen-bond acceptors (Lipinski definition) is 3. The highest BCUT2D eigenvalue weighted by atomic mass is 15.0. The van der Waals surface area contributed by atoms with Gasteiger partial charge in [-0.2, -0.15) is 0 Å². The molecule has 3 heteroatoms. The van der Waals surface area contributed by atoms with Crippen LogP contribution in [0.5, 0.6) is 0 Å². The average Bonchev–Trinajstić information content (AvgIpc) is 3.91. The van der Waals surface area contributed by atoms with E-state index in [0.717, 1.165) is 38.9 Å². The second kappa shape index (κ2) is 18.1. The molecule has 2 aliphatic carbocycles. The molecule has 0 unspecified atom stereocenters. The maximum absolute atomic E-state index is 5.43. The van der Waals surface area contributed by atoms with Crippen molar-refractivity contribution in [3.8, 4) is 101 Å². The van der Waals surface area contributed by atoms with Crippen molar-refractivity contribution in [2.24, 2.45) is 0 Å². The molecule has 2 aliphatic rings. The third-order valence-electron chi connectivity index (χ3n) is 16.1. The fourth-order valence-electron chi connectivity index (χ4n) is 12.3. The fraction of sp³-hybridized carbons (Fsp3) is 0.0548. The first-order valence-electron chi connectivity index (χ1n) is 26.2. The molecule has 1 heterocycles. The van der Waals surface area contributed by atoms with E-state index in [1.807, 2.05) is 18.2 Å². The van der Waals surface area contributed by atoms with Gasteiger partial charge >= 0.3 is 0 Å².